The molecule has 0 atom stereocenters. The molecule has 0 unspecified atom stereocenters. The first-order chi connectivity index (χ1) is 11.5. The van der Waals surface area contributed by atoms with Crippen LogP contribution in [-0.4, -0.2) is 20.5 Å². The van der Waals surface area contributed by atoms with Crippen molar-refractivity contribution < 1.29 is 9.90 Å². The number of pyridine rings is 1. The van der Waals surface area contributed by atoms with Gasteiger partial charge in [-0.05, 0) is 42.8 Å². The van der Waals surface area contributed by atoms with Crippen LogP contribution in [-0.2, 0) is 0 Å². The first-order valence-corrected chi connectivity index (χ1v) is 7.53. The molecule has 2 heterocycles. The highest BCUT2D eigenvalue weighted by atomic mass is 35.5. The van der Waals surface area contributed by atoms with Crippen LogP contribution in [0.1, 0.15) is 27.2 Å². The van der Waals surface area contributed by atoms with Gasteiger partial charge in [0.05, 0.1) is 11.3 Å². The number of carbonyl (C=O) groups is 1. The summed E-state index contributed by atoms with van der Waals surface area (Å²) in [5.41, 5.74) is 1.99. The van der Waals surface area contributed by atoms with E-state index in [9.17, 15) is 9.59 Å². The standard InChI is InChI=1S/C18H13ClN2O3/c1-11-15(7-5-12-3-2-4-14(19)9-12)20-16-8-6-13(18(23)24)10-21(16)17(11)22/h2-10H,1H3,(H,23,24). The Kier molecular flexibility index (Phi) is 4.18. The minimum atomic E-state index is -1.09. The lowest BCUT2D eigenvalue weighted by atomic mass is 10.1. The Hall–Kier alpha value is -2.92. The molecule has 0 radical (unpaired) electrons. The molecule has 0 amide bonds. The molecule has 6 heteroatoms. The maximum Gasteiger partial charge on any atom is 0.337 e. The van der Waals surface area contributed by atoms with Crippen LogP contribution < -0.4 is 5.56 Å². The minimum absolute atomic E-state index is 0.0352. The van der Waals surface area contributed by atoms with Gasteiger partial charge in [-0.1, -0.05) is 29.8 Å². The second-order valence-corrected chi connectivity index (χ2v) is 5.70. The second-order valence-electron chi connectivity index (χ2n) is 5.27. The van der Waals surface area contributed by atoms with E-state index in [1.807, 2.05) is 18.2 Å². The number of hydrogen-bond donors (Lipinski definition) is 1. The number of carboxylic acids is 1. The summed E-state index contributed by atoms with van der Waals surface area (Å²) in [6, 6.07) is 10.3. The Labute approximate surface area is 142 Å². The predicted octanol–water partition coefficient (Wildman–Crippen LogP) is 3.52. The van der Waals surface area contributed by atoms with Gasteiger partial charge in [0.15, 0.2) is 0 Å². The van der Waals surface area contributed by atoms with Gasteiger partial charge in [0.25, 0.3) is 5.56 Å². The number of fused-ring (bicyclic) bond motifs is 1. The molecule has 24 heavy (non-hydrogen) atoms. The van der Waals surface area contributed by atoms with Crippen molar-refractivity contribution in [3.05, 3.63) is 80.4 Å². The fourth-order valence-corrected chi connectivity index (χ4v) is 2.52. The van der Waals surface area contributed by atoms with Crippen LogP contribution in [0.15, 0.2) is 47.4 Å². The van der Waals surface area contributed by atoms with E-state index in [0.717, 1.165) is 5.56 Å². The molecule has 5 nitrogen and oxygen atoms in total. The molecule has 2 aromatic heterocycles. The van der Waals surface area contributed by atoms with E-state index < -0.39 is 5.97 Å². The maximum atomic E-state index is 12.5. The van der Waals surface area contributed by atoms with Gasteiger partial charge in [-0.2, -0.15) is 0 Å². The third kappa shape index (κ3) is 3.07. The van der Waals surface area contributed by atoms with Crippen LogP contribution >= 0.6 is 11.6 Å². The number of carboxylic acid groups (broad SMARTS) is 1. The van der Waals surface area contributed by atoms with Crippen molar-refractivity contribution in [3.8, 4) is 0 Å². The Balaban J connectivity index is 2.09. The van der Waals surface area contributed by atoms with Crippen LogP contribution in [0.25, 0.3) is 17.8 Å². The van der Waals surface area contributed by atoms with Crippen molar-refractivity contribution >= 4 is 35.4 Å². The highest BCUT2D eigenvalue weighted by Gasteiger charge is 2.09. The lowest BCUT2D eigenvalue weighted by molar-refractivity contribution is 0.0696. The van der Waals surface area contributed by atoms with Gasteiger partial charge in [0.1, 0.15) is 5.65 Å². The zero-order valence-corrected chi connectivity index (χ0v) is 13.5. The fraction of sp³-hybridized carbons (Fsp3) is 0.0556. The van der Waals surface area contributed by atoms with E-state index in [0.29, 0.717) is 21.9 Å². The average Bonchev–Trinajstić information content (AvgIpc) is 2.56. The van der Waals surface area contributed by atoms with Crippen LogP contribution in [0.2, 0.25) is 5.02 Å². The summed E-state index contributed by atoms with van der Waals surface area (Å²) in [4.78, 5) is 27.9. The minimum Gasteiger partial charge on any atom is -0.478 e. The molecule has 0 aliphatic carbocycles. The molecule has 0 aliphatic heterocycles. The average molecular weight is 341 g/mol. The summed E-state index contributed by atoms with van der Waals surface area (Å²) in [5.74, 6) is -1.09. The first-order valence-electron chi connectivity index (χ1n) is 7.15. The zero-order chi connectivity index (χ0) is 17.3. The highest BCUT2D eigenvalue weighted by molar-refractivity contribution is 6.30. The maximum absolute atomic E-state index is 12.5. The van der Waals surface area contributed by atoms with Crippen LogP contribution in [0, 0.1) is 6.92 Å². The Bertz CT molecular complexity index is 1040. The smallest absolute Gasteiger partial charge is 0.337 e. The van der Waals surface area contributed by atoms with Gasteiger partial charge in [-0.15, -0.1) is 0 Å². The van der Waals surface area contributed by atoms with Crippen molar-refractivity contribution in [1.82, 2.24) is 9.38 Å². The van der Waals surface area contributed by atoms with Gasteiger partial charge in [-0.25, -0.2) is 9.78 Å². The monoisotopic (exact) mass is 340 g/mol. The number of nitrogens with zero attached hydrogens (tertiary/aromatic N) is 2. The summed E-state index contributed by atoms with van der Waals surface area (Å²) < 4.78 is 1.25. The molecule has 0 saturated carbocycles. The number of benzene rings is 1. The normalized spacial score (nSPS) is 11.2. The number of rotatable bonds is 3. The number of aromatic nitrogens is 2. The summed E-state index contributed by atoms with van der Waals surface area (Å²) >= 11 is 5.95. The van der Waals surface area contributed by atoms with Crippen molar-refractivity contribution in [3.63, 3.8) is 0 Å². The quantitative estimate of drug-likeness (QED) is 0.791. The third-order valence-corrected chi connectivity index (χ3v) is 3.85. The highest BCUT2D eigenvalue weighted by Crippen LogP contribution is 2.14. The second kappa shape index (κ2) is 6.29. The van der Waals surface area contributed by atoms with E-state index in [1.54, 1.807) is 25.1 Å². The van der Waals surface area contributed by atoms with Gasteiger partial charge in [0, 0.05) is 16.8 Å². The molecule has 0 saturated heterocycles. The molecule has 1 N–H and O–H groups in total. The van der Waals surface area contributed by atoms with E-state index in [-0.39, 0.29) is 11.1 Å². The van der Waals surface area contributed by atoms with Crippen molar-refractivity contribution in [2.24, 2.45) is 0 Å². The summed E-state index contributed by atoms with van der Waals surface area (Å²) in [7, 11) is 0. The topological polar surface area (TPSA) is 71.7 Å². The Morgan fingerprint density at radius 2 is 2.04 bits per heavy atom. The summed E-state index contributed by atoms with van der Waals surface area (Å²) in [5, 5.41) is 9.66. The molecule has 3 aromatic rings. The lowest BCUT2D eigenvalue weighted by Gasteiger charge is -2.06. The van der Waals surface area contributed by atoms with E-state index in [4.69, 9.17) is 16.7 Å². The Morgan fingerprint density at radius 1 is 1.25 bits per heavy atom. The SMILES string of the molecule is Cc1c(C=Cc2cccc(Cl)c2)nc2ccc(C(=O)O)cn2c1=O. The van der Waals surface area contributed by atoms with Crippen LogP contribution in [0.4, 0.5) is 0 Å². The lowest BCUT2D eigenvalue weighted by Crippen LogP contribution is -2.20. The van der Waals surface area contributed by atoms with Crippen LogP contribution in [0.5, 0.6) is 0 Å². The zero-order valence-electron chi connectivity index (χ0n) is 12.7. The van der Waals surface area contributed by atoms with Gasteiger partial charge < -0.3 is 5.11 Å². The third-order valence-electron chi connectivity index (χ3n) is 3.62. The van der Waals surface area contributed by atoms with Gasteiger partial charge in [0.2, 0.25) is 0 Å². The molecule has 0 fully saturated rings. The predicted molar refractivity (Wildman–Crippen MR) is 93.5 cm³/mol. The molecule has 120 valence electrons. The van der Waals surface area contributed by atoms with Gasteiger partial charge >= 0.3 is 5.97 Å². The van der Waals surface area contributed by atoms with Gasteiger partial charge in [-0.3, -0.25) is 9.20 Å². The Morgan fingerprint density at radius 3 is 2.75 bits per heavy atom. The number of aromatic carboxylic acids is 1. The van der Waals surface area contributed by atoms with Crippen molar-refractivity contribution in [1.29, 1.82) is 0 Å². The molecule has 0 spiro atoms. The van der Waals surface area contributed by atoms with Crippen LogP contribution in [0.3, 0.4) is 0 Å². The number of halogens is 1. The fourth-order valence-electron chi connectivity index (χ4n) is 2.32. The van der Waals surface area contributed by atoms with Crippen molar-refractivity contribution in [2.75, 3.05) is 0 Å². The molecule has 0 bridgehead atoms. The molecule has 0 aliphatic rings. The molecule has 3 rings (SSSR count). The van der Waals surface area contributed by atoms with Crippen molar-refractivity contribution in [2.45, 2.75) is 6.92 Å². The van der Waals surface area contributed by atoms with E-state index in [2.05, 4.69) is 4.98 Å². The number of hydrogen-bond acceptors (Lipinski definition) is 3. The molecular formula is C18H13ClN2O3. The van der Waals surface area contributed by atoms with E-state index >= 15 is 0 Å². The first kappa shape index (κ1) is 16.0. The summed E-state index contributed by atoms with van der Waals surface area (Å²) in [6.07, 6.45) is 4.85. The molecule has 1 aromatic carbocycles. The van der Waals surface area contributed by atoms with E-state index in [1.165, 1.54) is 22.7 Å². The summed E-state index contributed by atoms with van der Waals surface area (Å²) in [6.45, 7) is 1.66. The largest absolute Gasteiger partial charge is 0.478 e. The molecular weight excluding hydrogens is 328 g/mol.